The first-order chi connectivity index (χ1) is 14.4. The topological polar surface area (TPSA) is 57.0 Å². The van der Waals surface area contributed by atoms with Gasteiger partial charge in [0.15, 0.2) is 5.75 Å². The minimum atomic E-state index is -0.400. The van der Waals surface area contributed by atoms with Crippen LogP contribution < -0.4 is 4.74 Å². The average molecular weight is 407 g/mol. The van der Waals surface area contributed by atoms with E-state index in [9.17, 15) is 9.18 Å². The minimum Gasteiger partial charge on any atom is -0.489 e. The number of hydrogen-bond donors (Lipinski definition) is 0. The van der Waals surface area contributed by atoms with Gasteiger partial charge in [-0.25, -0.2) is 4.39 Å². The zero-order valence-electron chi connectivity index (χ0n) is 17.6. The predicted molar refractivity (Wildman–Crippen MR) is 112 cm³/mol. The third kappa shape index (κ3) is 3.74. The van der Waals surface area contributed by atoms with Gasteiger partial charge in [-0.05, 0) is 44.9 Å². The van der Waals surface area contributed by atoms with Crippen molar-refractivity contribution in [3.8, 4) is 5.75 Å². The van der Waals surface area contributed by atoms with Crippen LogP contribution >= 0.6 is 0 Å². The number of aromatic nitrogens is 3. The molecule has 2 unspecified atom stereocenters. The monoisotopic (exact) mass is 407 g/mol. The molecule has 0 spiro atoms. The molecule has 1 aliphatic carbocycles. The number of Topliss-reactive ketones (excluding diaryl/α,β-unsaturated/α-hetero) is 1. The van der Waals surface area contributed by atoms with Gasteiger partial charge in [0.25, 0.3) is 0 Å². The molecule has 0 N–H and O–H groups in total. The molecule has 1 aliphatic rings. The molecular weight excluding hydrogens is 381 g/mol. The van der Waals surface area contributed by atoms with Gasteiger partial charge in [0.2, 0.25) is 0 Å². The molecule has 6 heteroatoms. The van der Waals surface area contributed by atoms with Crippen molar-refractivity contribution in [2.45, 2.75) is 45.6 Å². The number of pyridine rings is 1. The van der Waals surface area contributed by atoms with Crippen molar-refractivity contribution in [1.82, 2.24) is 14.8 Å². The van der Waals surface area contributed by atoms with Crippen molar-refractivity contribution in [1.29, 1.82) is 0 Å². The standard InChI is InChI=1S/C24H26FN3O2/c1-4-28-17(3)23(16(2)27-28)30-15-24(18-8-6-5-7-9-18)13-21(24)22(29)12-20-11-10-19(25)14-26-20/h5-11,14,21H,4,12-13,15H2,1-3H3. The van der Waals surface area contributed by atoms with Crippen LogP contribution in [-0.2, 0) is 23.2 Å². The molecular formula is C24H26FN3O2. The number of rotatable bonds is 8. The molecule has 5 nitrogen and oxygen atoms in total. The Morgan fingerprint density at radius 1 is 1.23 bits per heavy atom. The van der Waals surface area contributed by atoms with E-state index in [1.807, 2.05) is 43.7 Å². The summed E-state index contributed by atoms with van der Waals surface area (Å²) in [5.41, 5.74) is 3.19. The third-order valence-corrected chi connectivity index (χ3v) is 6.05. The highest BCUT2D eigenvalue weighted by atomic mass is 19.1. The molecule has 4 rings (SSSR count). The molecule has 0 bridgehead atoms. The van der Waals surface area contributed by atoms with Crippen molar-refractivity contribution in [2.75, 3.05) is 6.61 Å². The highest BCUT2D eigenvalue weighted by molar-refractivity contribution is 5.88. The van der Waals surface area contributed by atoms with E-state index in [-0.39, 0.29) is 23.5 Å². The van der Waals surface area contributed by atoms with Gasteiger partial charge in [0, 0.05) is 30.0 Å². The highest BCUT2D eigenvalue weighted by Crippen LogP contribution is 2.55. The van der Waals surface area contributed by atoms with Crippen LogP contribution in [0.15, 0.2) is 48.7 Å². The quantitative estimate of drug-likeness (QED) is 0.562. The predicted octanol–water partition coefficient (Wildman–Crippen LogP) is 4.20. The Hall–Kier alpha value is -3.02. The summed E-state index contributed by atoms with van der Waals surface area (Å²) in [5, 5.41) is 4.53. The van der Waals surface area contributed by atoms with Crippen LogP contribution in [0.3, 0.4) is 0 Å². The lowest BCUT2D eigenvalue weighted by molar-refractivity contribution is -0.120. The summed E-state index contributed by atoms with van der Waals surface area (Å²) in [5.74, 6) is 0.362. The molecule has 1 fully saturated rings. The van der Waals surface area contributed by atoms with Crippen LogP contribution in [0.2, 0.25) is 0 Å². The van der Waals surface area contributed by atoms with Gasteiger partial charge in [-0.15, -0.1) is 0 Å². The lowest BCUT2D eigenvalue weighted by Gasteiger charge is -2.19. The van der Waals surface area contributed by atoms with E-state index >= 15 is 0 Å². The second-order valence-electron chi connectivity index (χ2n) is 7.99. The fraction of sp³-hybridized carbons (Fsp3) is 0.375. The van der Waals surface area contributed by atoms with E-state index in [0.29, 0.717) is 12.3 Å². The maximum atomic E-state index is 13.1. The summed E-state index contributed by atoms with van der Waals surface area (Å²) in [6, 6.07) is 13.0. The Bertz CT molecular complexity index is 1050. The molecule has 2 atom stereocenters. The second-order valence-corrected chi connectivity index (χ2v) is 7.99. The molecule has 0 radical (unpaired) electrons. The maximum absolute atomic E-state index is 13.1. The smallest absolute Gasteiger partial charge is 0.163 e. The first-order valence-electron chi connectivity index (χ1n) is 10.3. The largest absolute Gasteiger partial charge is 0.489 e. The average Bonchev–Trinajstić information content (AvgIpc) is 3.43. The number of hydrogen-bond acceptors (Lipinski definition) is 4. The van der Waals surface area contributed by atoms with E-state index in [4.69, 9.17) is 4.74 Å². The van der Waals surface area contributed by atoms with Crippen molar-refractivity contribution >= 4 is 5.78 Å². The van der Waals surface area contributed by atoms with Gasteiger partial charge < -0.3 is 4.74 Å². The Morgan fingerprint density at radius 3 is 2.63 bits per heavy atom. The summed E-state index contributed by atoms with van der Waals surface area (Å²) < 4.78 is 21.3. The highest BCUT2D eigenvalue weighted by Gasteiger charge is 2.59. The van der Waals surface area contributed by atoms with Crippen LogP contribution in [0.25, 0.3) is 0 Å². The van der Waals surface area contributed by atoms with Gasteiger partial charge in [0.05, 0.1) is 18.5 Å². The first-order valence-corrected chi connectivity index (χ1v) is 10.3. The summed E-state index contributed by atoms with van der Waals surface area (Å²) in [4.78, 5) is 17.1. The number of ketones is 1. The molecule has 3 aromatic rings. The number of ether oxygens (including phenoxy) is 1. The Labute approximate surface area is 175 Å². The van der Waals surface area contributed by atoms with E-state index in [1.54, 1.807) is 6.07 Å². The molecule has 1 aromatic carbocycles. The number of nitrogens with zero attached hydrogens (tertiary/aromatic N) is 3. The Kier molecular flexibility index (Phi) is 5.41. The first kappa shape index (κ1) is 20.3. The zero-order valence-corrected chi connectivity index (χ0v) is 17.6. The third-order valence-electron chi connectivity index (χ3n) is 6.05. The van der Waals surface area contributed by atoms with Gasteiger partial charge >= 0.3 is 0 Å². The van der Waals surface area contributed by atoms with Crippen LogP contribution in [0.1, 0.15) is 36.0 Å². The summed E-state index contributed by atoms with van der Waals surface area (Å²) in [6.45, 7) is 7.20. The summed E-state index contributed by atoms with van der Waals surface area (Å²) >= 11 is 0. The van der Waals surface area contributed by atoms with Crippen LogP contribution in [0.5, 0.6) is 5.75 Å². The van der Waals surface area contributed by atoms with E-state index < -0.39 is 5.82 Å². The second kappa shape index (κ2) is 8.01. The van der Waals surface area contributed by atoms with Gasteiger partial charge in [-0.2, -0.15) is 5.10 Å². The molecule has 0 aliphatic heterocycles. The Morgan fingerprint density at radius 2 is 2.00 bits per heavy atom. The fourth-order valence-electron chi connectivity index (χ4n) is 4.27. The minimum absolute atomic E-state index is 0.110. The van der Waals surface area contributed by atoms with Crippen LogP contribution in [0.4, 0.5) is 4.39 Å². The molecule has 156 valence electrons. The van der Waals surface area contributed by atoms with Crippen LogP contribution in [-0.4, -0.2) is 27.2 Å². The van der Waals surface area contributed by atoms with E-state index in [1.165, 1.54) is 6.07 Å². The molecule has 0 amide bonds. The number of benzene rings is 1. The lowest BCUT2D eigenvalue weighted by atomic mass is 9.92. The molecule has 2 heterocycles. The van der Waals surface area contributed by atoms with E-state index in [2.05, 4.69) is 22.2 Å². The van der Waals surface area contributed by atoms with Crippen LogP contribution in [0, 0.1) is 25.6 Å². The normalized spacial score (nSPS) is 20.2. The zero-order chi connectivity index (χ0) is 21.3. The lowest BCUT2D eigenvalue weighted by Crippen LogP contribution is -2.24. The summed E-state index contributed by atoms with van der Waals surface area (Å²) in [6.07, 6.45) is 2.09. The SMILES string of the molecule is CCn1nc(C)c(OCC2(c3ccccc3)CC2C(=O)Cc2ccc(F)cn2)c1C. The van der Waals surface area contributed by atoms with E-state index in [0.717, 1.165) is 41.9 Å². The molecule has 1 saturated carbocycles. The van der Waals surface area contributed by atoms with Gasteiger partial charge in [0.1, 0.15) is 17.3 Å². The number of carbonyl (C=O) groups is 1. The molecule has 30 heavy (non-hydrogen) atoms. The van der Waals surface area contributed by atoms with Crippen molar-refractivity contribution in [3.63, 3.8) is 0 Å². The number of aryl methyl sites for hydroxylation is 2. The number of carbonyl (C=O) groups excluding carboxylic acids is 1. The Balaban J connectivity index is 1.55. The number of halogens is 1. The van der Waals surface area contributed by atoms with Crippen molar-refractivity contribution in [3.05, 3.63) is 77.1 Å². The van der Waals surface area contributed by atoms with Crippen molar-refractivity contribution in [2.24, 2.45) is 5.92 Å². The van der Waals surface area contributed by atoms with Crippen molar-refractivity contribution < 1.29 is 13.9 Å². The van der Waals surface area contributed by atoms with Gasteiger partial charge in [-0.1, -0.05) is 30.3 Å². The molecule has 0 saturated heterocycles. The van der Waals surface area contributed by atoms with Gasteiger partial charge in [-0.3, -0.25) is 14.5 Å². The molecule has 2 aromatic heterocycles. The fourth-order valence-corrected chi connectivity index (χ4v) is 4.27. The summed E-state index contributed by atoms with van der Waals surface area (Å²) in [7, 11) is 0. The maximum Gasteiger partial charge on any atom is 0.163 e.